The van der Waals surface area contributed by atoms with Gasteiger partial charge < -0.3 is 10.6 Å². The Morgan fingerprint density at radius 3 is 2.42 bits per heavy atom. The van der Waals surface area contributed by atoms with Gasteiger partial charge in [-0.05, 0) is 55.0 Å². The molecule has 0 aliphatic carbocycles. The average Bonchev–Trinajstić information content (AvgIpc) is 3.27. The third-order valence-electron chi connectivity index (χ3n) is 4.76. The average molecular weight is 494 g/mol. The van der Waals surface area contributed by atoms with E-state index >= 15 is 0 Å². The summed E-state index contributed by atoms with van der Waals surface area (Å²) in [6.45, 7) is 1.91. The van der Waals surface area contributed by atoms with Gasteiger partial charge in [-0.2, -0.15) is 0 Å². The monoisotopic (exact) mass is 493 g/mol. The topological polar surface area (TPSA) is 71.1 Å². The lowest BCUT2D eigenvalue weighted by molar-refractivity contribution is -0.113. The van der Waals surface area contributed by atoms with E-state index in [1.165, 1.54) is 23.1 Å². The molecular formula is C25H20ClN3O2S2. The number of carbonyl (C=O) groups excluding carboxylic acids is 2. The number of hydrogen-bond donors (Lipinski definition) is 2. The predicted octanol–water partition coefficient (Wildman–Crippen LogP) is 6.76. The Morgan fingerprint density at radius 2 is 1.70 bits per heavy atom. The molecule has 1 aromatic heterocycles. The first-order valence-electron chi connectivity index (χ1n) is 10.1. The lowest BCUT2D eigenvalue weighted by Gasteiger charge is -2.08. The summed E-state index contributed by atoms with van der Waals surface area (Å²) in [7, 11) is 0. The molecule has 0 fully saturated rings. The molecule has 0 atom stereocenters. The molecule has 0 unspecified atom stereocenters. The van der Waals surface area contributed by atoms with E-state index in [-0.39, 0.29) is 17.6 Å². The second-order valence-corrected chi connectivity index (χ2v) is 9.52. The van der Waals surface area contributed by atoms with Crippen molar-refractivity contribution in [3.8, 4) is 11.3 Å². The van der Waals surface area contributed by atoms with Gasteiger partial charge in [0.2, 0.25) is 5.91 Å². The van der Waals surface area contributed by atoms with Gasteiger partial charge in [0.05, 0.1) is 11.4 Å². The van der Waals surface area contributed by atoms with Crippen LogP contribution in [0.3, 0.4) is 0 Å². The Kier molecular flexibility index (Phi) is 7.44. The third kappa shape index (κ3) is 6.22. The van der Waals surface area contributed by atoms with E-state index in [4.69, 9.17) is 11.6 Å². The maximum atomic E-state index is 12.4. The largest absolute Gasteiger partial charge is 0.322 e. The summed E-state index contributed by atoms with van der Waals surface area (Å²) in [5, 5.41) is 8.86. The van der Waals surface area contributed by atoms with E-state index in [1.54, 1.807) is 6.07 Å². The number of hydrogen-bond acceptors (Lipinski definition) is 5. The van der Waals surface area contributed by atoms with Gasteiger partial charge in [0.1, 0.15) is 0 Å². The lowest BCUT2D eigenvalue weighted by Crippen LogP contribution is -2.14. The number of benzene rings is 3. The number of halogens is 1. The summed E-state index contributed by atoms with van der Waals surface area (Å²) >= 11 is 8.72. The molecule has 33 heavy (non-hydrogen) atoms. The molecule has 2 N–H and O–H groups in total. The van der Waals surface area contributed by atoms with Gasteiger partial charge in [-0.15, -0.1) is 23.1 Å². The minimum Gasteiger partial charge on any atom is -0.322 e. The molecule has 0 aliphatic rings. The number of rotatable bonds is 7. The number of aromatic nitrogens is 1. The van der Waals surface area contributed by atoms with Crippen molar-refractivity contribution in [2.75, 3.05) is 16.4 Å². The Labute approximate surface area is 205 Å². The Bertz CT molecular complexity index is 1270. The second-order valence-electron chi connectivity index (χ2n) is 7.18. The van der Waals surface area contributed by atoms with Crippen molar-refractivity contribution in [3.63, 3.8) is 0 Å². The third-order valence-corrected chi connectivity index (χ3v) is 6.78. The molecule has 0 aliphatic heterocycles. The maximum Gasteiger partial charge on any atom is 0.255 e. The first kappa shape index (κ1) is 23.0. The molecule has 8 heteroatoms. The van der Waals surface area contributed by atoms with Crippen LogP contribution in [-0.2, 0) is 4.79 Å². The molecule has 5 nitrogen and oxygen atoms in total. The van der Waals surface area contributed by atoms with Gasteiger partial charge in [-0.3, -0.25) is 9.59 Å². The molecule has 0 saturated carbocycles. The molecule has 1 heterocycles. The van der Waals surface area contributed by atoms with Crippen LogP contribution >= 0.6 is 34.7 Å². The fraction of sp³-hybridized carbons (Fsp3) is 0.0800. The number of nitrogens with one attached hydrogen (secondary N) is 2. The second kappa shape index (κ2) is 10.7. The summed E-state index contributed by atoms with van der Waals surface area (Å²) in [4.78, 5) is 30.2. The summed E-state index contributed by atoms with van der Waals surface area (Å²) in [5.41, 5.74) is 4.01. The smallest absolute Gasteiger partial charge is 0.255 e. The minimum atomic E-state index is -0.144. The minimum absolute atomic E-state index is 0.131. The molecule has 0 radical (unpaired) electrons. The van der Waals surface area contributed by atoms with Gasteiger partial charge in [0.15, 0.2) is 5.13 Å². The maximum absolute atomic E-state index is 12.4. The zero-order chi connectivity index (χ0) is 23.2. The number of thioether (sulfide) groups is 1. The van der Waals surface area contributed by atoms with Crippen molar-refractivity contribution in [1.29, 1.82) is 0 Å². The Hall–Kier alpha value is -3.13. The summed E-state index contributed by atoms with van der Waals surface area (Å²) in [5.74, 6) is -0.0200. The van der Waals surface area contributed by atoms with E-state index in [0.29, 0.717) is 21.4 Å². The fourth-order valence-corrected chi connectivity index (χ4v) is 4.61. The standard InChI is InChI=1S/C25H20ClN3O2S2/c1-16-4-2-3-5-21(16)24(31)27-19-10-12-20(13-11-19)32-15-23(30)29-25-28-22(14-33-25)17-6-8-18(26)9-7-17/h2-14H,15H2,1H3,(H,27,31)(H,28,29,30). The van der Waals surface area contributed by atoms with Crippen LogP contribution in [0.25, 0.3) is 11.3 Å². The van der Waals surface area contributed by atoms with Crippen molar-refractivity contribution in [3.05, 3.63) is 94.3 Å². The van der Waals surface area contributed by atoms with E-state index in [1.807, 2.05) is 79.0 Å². The lowest BCUT2D eigenvalue weighted by atomic mass is 10.1. The number of aryl methyl sites for hydroxylation is 1. The number of amides is 2. The molecule has 0 spiro atoms. The van der Waals surface area contributed by atoms with E-state index in [2.05, 4.69) is 15.6 Å². The molecule has 2 amide bonds. The molecule has 4 aromatic rings. The number of nitrogens with zero attached hydrogens (tertiary/aromatic N) is 1. The zero-order valence-corrected chi connectivity index (χ0v) is 20.1. The van der Waals surface area contributed by atoms with Crippen LogP contribution in [-0.4, -0.2) is 22.6 Å². The molecule has 0 saturated heterocycles. The molecule has 0 bridgehead atoms. The summed E-state index contributed by atoms with van der Waals surface area (Å²) < 4.78 is 0. The predicted molar refractivity (Wildman–Crippen MR) is 137 cm³/mol. The first-order chi connectivity index (χ1) is 16.0. The molecule has 3 aromatic carbocycles. The van der Waals surface area contributed by atoms with Crippen molar-refractivity contribution in [2.45, 2.75) is 11.8 Å². The summed E-state index contributed by atoms with van der Waals surface area (Å²) in [6, 6.07) is 22.3. The normalized spacial score (nSPS) is 10.6. The van der Waals surface area contributed by atoms with E-state index < -0.39 is 0 Å². The van der Waals surface area contributed by atoms with Gasteiger partial charge in [0, 0.05) is 32.1 Å². The highest BCUT2D eigenvalue weighted by atomic mass is 35.5. The van der Waals surface area contributed by atoms with Crippen LogP contribution in [0, 0.1) is 6.92 Å². The van der Waals surface area contributed by atoms with Crippen LogP contribution < -0.4 is 10.6 Å². The van der Waals surface area contributed by atoms with Crippen LogP contribution in [0.4, 0.5) is 10.8 Å². The Balaban J connectivity index is 1.28. The van der Waals surface area contributed by atoms with Crippen molar-refractivity contribution >= 4 is 57.3 Å². The molecule has 166 valence electrons. The van der Waals surface area contributed by atoms with Crippen molar-refractivity contribution in [2.24, 2.45) is 0 Å². The van der Waals surface area contributed by atoms with Gasteiger partial charge >= 0.3 is 0 Å². The summed E-state index contributed by atoms with van der Waals surface area (Å²) in [6.07, 6.45) is 0. The van der Waals surface area contributed by atoms with Gasteiger partial charge in [0.25, 0.3) is 5.91 Å². The van der Waals surface area contributed by atoms with Crippen LogP contribution in [0.15, 0.2) is 83.1 Å². The van der Waals surface area contributed by atoms with E-state index in [9.17, 15) is 9.59 Å². The number of carbonyl (C=O) groups is 2. The molecule has 4 rings (SSSR count). The quantitative estimate of drug-likeness (QED) is 0.279. The highest BCUT2D eigenvalue weighted by Crippen LogP contribution is 2.27. The van der Waals surface area contributed by atoms with Gasteiger partial charge in [-0.1, -0.05) is 41.9 Å². The highest BCUT2D eigenvalue weighted by molar-refractivity contribution is 8.00. The number of anilines is 2. The SMILES string of the molecule is Cc1ccccc1C(=O)Nc1ccc(SCC(=O)Nc2nc(-c3ccc(Cl)cc3)cs2)cc1. The zero-order valence-electron chi connectivity index (χ0n) is 17.7. The van der Waals surface area contributed by atoms with E-state index in [0.717, 1.165) is 21.7 Å². The van der Waals surface area contributed by atoms with Gasteiger partial charge in [-0.25, -0.2) is 4.98 Å². The Morgan fingerprint density at radius 1 is 0.970 bits per heavy atom. The fourth-order valence-electron chi connectivity index (χ4n) is 3.05. The first-order valence-corrected chi connectivity index (χ1v) is 12.3. The van der Waals surface area contributed by atoms with Crippen molar-refractivity contribution in [1.82, 2.24) is 4.98 Å². The van der Waals surface area contributed by atoms with Crippen molar-refractivity contribution < 1.29 is 9.59 Å². The highest BCUT2D eigenvalue weighted by Gasteiger charge is 2.10. The number of thiazole rings is 1. The van der Waals surface area contributed by atoms with Crippen LogP contribution in [0.5, 0.6) is 0 Å². The van der Waals surface area contributed by atoms with Crippen LogP contribution in [0.2, 0.25) is 5.02 Å². The molecular weight excluding hydrogens is 474 g/mol. The van der Waals surface area contributed by atoms with Crippen LogP contribution in [0.1, 0.15) is 15.9 Å².